The molecule has 1 fully saturated rings. The number of nitrogens with zero attached hydrogens (tertiary/aromatic N) is 1. The summed E-state index contributed by atoms with van der Waals surface area (Å²) in [4.78, 5) is 0. The molecule has 0 saturated carbocycles. The quantitative estimate of drug-likeness (QED) is 0.720. The molecule has 0 spiro atoms. The van der Waals surface area contributed by atoms with Crippen LogP contribution in [0.1, 0.15) is 0 Å². The van der Waals surface area contributed by atoms with Crippen LogP contribution in [0.15, 0.2) is 24.3 Å². The van der Waals surface area contributed by atoms with Crippen molar-refractivity contribution in [2.24, 2.45) is 5.92 Å². The van der Waals surface area contributed by atoms with E-state index in [1.165, 1.54) is 0 Å². The third-order valence-corrected chi connectivity index (χ3v) is 2.32. The second-order valence-electron chi connectivity index (χ2n) is 3.44. The third-order valence-electron chi connectivity index (χ3n) is 2.32. The first-order valence-electron chi connectivity index (χ1n) is 4.78. The number of hydrogen-bond donors (Lipinski definition) is 0. The fourth-order valence-corrected chi connectivity index (χ4v) is 1.30. The zero-order valence-electron chi connectivity index (χ0n) is 8.27. The summed E-state index contributed by atoms with van der Waals surface area (Å²) in [5.74, 6) is 2.38. The van der Waals surface area contributed by atoms with Crippen LogP contribution in [0, 0.1) is 5.92 Å². The van der Waals surface area contributed by atoms with E-state index >= 15 is 0 Å². The average molecular weight is 192 g/mol. The normalized spacial score (nSPS) is 16.1. The maximum Gasteiger partial charge on any atom is 0.119 e. The lowest BCUT2D eigenvalue weighted by atomic mass is 10.1. The Hall–Kier alpha value is -1.22. The Bertz CT molecular complexity index is 280. The molecule has 0 aliphatic carbocycles. The molecule has 0 amide bonds. The smallest absolute Gasteiger partial charge is 0.119 e. The molecule has 1 radical (unpaired) electrons. The van der Waals surface area contributed by atoms with Crippen molar-refractivity contribution >= 4 is 0 Å². The van der Waals surface area contributed by atoms with Crippen molar-refractivity contribution in [1.82, 2.24) is 5.32 Å². The SMILES string of the molecule is COc1ccc(OCC2C[N]C2)cc1. The average Bonchev–Trinajstić information content (AvgIpc) is 2.16. The highest BCUT2D eigenvalue weighted by molar-refractivity contribution is 5.31. The molecule has 14 heavy (non-hydrogen) atoms. The van der Waals surface area contributed by atoms with Crippen molar-refractivity contribution < 1.29 is 9.47 Å². The van der Waals surface area contributed by atoms with Gasteiger partial charge in [-0.25, -0.2) is 5.32 Å². The van der Waals surface area contributed by atoms with Crippen molar-refractivity contribution in [3.63, 3.8) is 0 Å². The van der Waals surface area contributed by atoms with Crippen LogP contribution in [0.25, 0.3) is 0 Å². The van der Waals surface area contributed by atoms with Crippen molar-refractivity contribution in [3.05, 3.63) is 24.3 Å². The standard InChI is InChI=1S/C11H14NO2/c1-13-10-2-4-11(5-3-10)14-8-9-6-12-7-9/h2-5,9H,6-8H2,1H3. The summed E-state index contributed by atoms with van der Waals surface area (Å²) in [6.45, 7) is 2.68. The molecular weight excluding hydrogens is 178 g/mol. The second-order valence-corrected chi connectivity index (χ2v) is 3.44. The van der Waals surface area contributed by atoms with Crippen LogP contribution < -0.4 is 14.8 Å². The molecule has 1 aliphatic rings. The highest BCUT2D eigenvalue weighted by Crippen LogP contribution is 2.18. The van der Waals surface area contributed by atoms with E-state index in [-0.39, 0.29) is 0 Å². The lowest BCUT2D eigenvalue weighted by Crippen LogP contribution is -2.39. The van der Waals surface area contributed by atoms with Gasteiger partial charge in [0.25, 0.3) is 0 Å². The van der Waals surface area contributed by atoms with Gasteiger partial charge in [-0.15, -0.1) is 0 Å². The molecule has 0 bridgehead atoms. The van der Waals surface area contributed by atoms with Gasteiger partial charge in [-0.2, -0.15) is 0 Å². The van der Waals surface area contributed by atoms with Gasteiger partial charge in [0, 0.05) is 19.0 Å². The molecule has 0 aromatic heterocycles. The van der Waals surface area contributed by atoms with Gasteiger partial charge in [0.2, 0.25) is 0 Å². The molecule has 3 heteroatoms. The van der Waals surface area contributed by atoms with E-state index in [1.807, 2.05) is 24.3 Å². The molecule has 75 valence electrons. The molecule has 1 saturated heterocycles. The number of ether oxygens (including phenoxy) is 2. The monoisotopic (exact) mass is 192 g/mol. The molecule has 0 N–H and O–H groups in total. The van der Waals surface area contributed by atoms with Crippen molar-refractivity contribution in [3.8, 4) is 11.5 Å². The Morgan fingerprint density at radius 3 is 2.36 bits per heavy atom. The molecule has 1 aliphatic heterocycles. The summed E-state index contributed by atoms with van der Waals surface area (Å²) in [6.07, 6.45) is 0. The maximum absolute atomic E-state index is 5.59. The second kappa shape index (κ2) is 4.33. The van der Waals surface area contributed by atoms with Gasteiger partial charge in [0.1, 0.15) is 11.5 Å². The Morgan fingerprint density at radius 2 is 1.86 bits per heavy atom. The summed E-state index contributed by atoms with van der Waals surface area (Å²) in [6, 6.07) is 7.66. The fraction of sp³-hybridized carbons (Fsp3) is 0.455. The lowest BCUT2D eigenvalue weighted by molar-refractivity contribution is 0.195. The zero-order chi connectivity index (χ0) is 9.80. The van der Waals surface area contributed by atoms with Crippen LogP contribution in [0.5, 0.6) is 11.5 Å². The van der Waals surface area contributed by atoms with Crippen LogP contribution in [-0.2, 0) is 0 Å². The highest BCUT2D eigenvalue weighted by atomic mass is 16.5. The minimum absolute atomic E-state index is 0.622. The van der Waals surface area contributed by atoms with E-state index in [2.05, 4.69) is 5.32 Å². The first-order valence-corrected chi connectivity index (χ1v) is 4.78. The maximum atomic E-state index is 5.59. The van der Waals surface area contributed by atoms with Crippen LogP contribution in [0.4, 0.5) is 0 Å². The molecule has 1 aromatic carbocycles. The van der Waals surface area contributed by atoms with Crippen LogP contribution in [0.2, 0.25) is 0 Å². The Labute approximate surface area is 84.0 Å². The summed E-state index contributed by atoms with van der Waals surface area (Å²) in [7, 11) is 1.66. The van der Waals surface area contributed by atoms with Crippen LogP contribution >= 0.6 is 0 Å². The summed E-state index contributed by atoms with van der Waals surface area (Å²) >= 11 is 0. The lowest BCUT2D eigenvalue weighted by Gasteiger charge is -2.24. The summed E-state index contributed by atoms with van der Waals surface area (Å²) < 4.78 is 10.7. The Morgan fingerprint density at radius 1 is 1.21 bits per heavy atom. The third kappa shape index (κ3) is 2.17. The van der Waals surface area contributed by atoms with E-state index in [0.29, 0.717) is 5.92 Å². The van der Waals surface area contributed by atoms with Gasteiger partial charge in [-0.05, 0) is 24.3 Å². The first kappa shape index (κ1) is 9.34. The minimum Gasteiger partial charge on any atom is -0.497 e. The number of benzene rings is 1. The summed E-state index contributed by atoms with van der Waals surface area (Å²) in [5.41, 5.74) is 0. The Balaban J connectivity index is 1.83. The molecule has 0 unspecified atom stereocenters. The van der Waals surface area contributed by atoms with Gasteiger partial charge in [0.05, 0.1) is 13.7 Å². The van der Waals surface area contributed by atoms with Crippen molar-refractivity contribution in [1.29, 1.82) is 0 Å². The van der Waals surface area contributed by atoms with E-state index in [1.54, 1.807) is 7.11 Å². The molecule has 1 aromatic rings. The zero-order valence-corrected chi connectivity index (χ0v) is 8.27. The number of hydrogen-bond acceptors (Lipinski definition) is 2. The first-order chi connectivity index (χ1) is 6.88. The summed E-state index contributed by atoms with van der Waals surface area (Å²) in [5, 5.41) is 4.14. The molecule has 0 atom stereocenters. The van der Waals surface area contributed by atoms with Crippen LogP contribution in [-0.4, -0.2) is 26.8 Å². The van der Waals surface area contributed by atoms with E-state index in [4.69, 9.17) is 9.47 Å². The number of rotatable bonds is 4. The molecule has 2 rings (SSSR count). The van der Waals surface area contributed by atoms with E-state index in [9.17, 15) is 0 Å². The van der Waals surface area contributed by atoms with Gasteiger partial charge < -0.3 is 9.47 Å². The predicted molar refractivity (Wildman–Crippen MR) is 53.8 cm³/mol. The Kier molecular flexibility index (Phi) is 2.89. The minimum atomic E-state index is 0.622. The highest BCUT2D eigenvalue weighted by Gasteiger charge is 2.18. The van der Waals surface area contributed by atoms with Crippen LogP contribution in [0.3, 0.4) is 0 Å². The van der Waals surface area contributed by atoms with Gasteiger partial charge in [-0.3, -0.25) is 0 Å². The fourth-order valence-electron chi connectivity index (χ4n) is 1.30. The predicted octanol–water partition coefficient (Wildman–Crippen LogP) is 1.31. The van der Waals surface area contributed by atoms with Gasteiger partial charge in [0.15, 0.2) is 0 Å². The topological polar surface area (TPSA) is 32.6 Å². The molecular formula is C11H14NO2. The van der Waals surface area contributed by atoms with Gasteiger partial charge in [-0.1, -0.05) is 0 Å². The van der Waals surface area contributed by atoms with Crippen molar-refractivity contribution in [2.45, 2.75) is 0 Å². The van der Waals surface area contributed by atoms with E-state index < -0.39 is 0 Å². The largest absolute Gasteiger partial charge is 0.497 e. The van der Waals surface area contributed by atoms with Gasteiger partial charge >= 0.3 is 0 Å². The molecule has 3 nitrogen and oxygen atoms in total. The van der Waals surface area contributed by atoms with E-state index in [0.717, 1.165) is 31.2 Å². The molecule has 1 heterocycles. The number of methoxy groups -OCH3 is 1. The van der Waals surface area contributed by atoms with Crippen molar-refractivity contribution in [2.75, 3.05) is 26.8 Å².